The number of carbonyl (C=O) groups is 2. The van der Waals surface area contributed by atoms with Gasteiger partial charge in [-0.15, -0.1) is 0 Å². The summed E-state index contributed by atoms with van der Waals surface area (Å²) < 4.78 is 12.7. The average molecular weight is 485 g/mol. The van der Waals surface area contributed by atoms with Crippen molar-refractivity contribution < 1.29 is 19.1 Å². The molecular formula is C26H36N4O5. The van der Waals surface area contributed by atoms with Gasteiger partial charge in [0.15, 0.2) is 11.5 Å². The Hall–Kier alpha value is -3.07. The van der Waals surface area contributed by atoms with Gasteiger partial charge < -0.3 is 24.7 Å². The van der Waals surface area contributed by atoms with Crippen LogP contribution in [0.1, 0.15) is 57.3 Å². The first-order valence-electron chi connectivity index (χ1n) is 12.7. The van der Waals surface area contributed by atoms with Gasteiger partial charge in [0.1, 0.15) is 11.6 Å². The van der Waals surface area contributed by atoms with E-state index in [1.807, 2.05) is 25.3 Å². The number of nitrogens with one attached hydrogen (secondary N) is 2. The van der Waals surface area contributed by atoms with Crippen molar-refractivity contribution in [2.45, 2.75) is 65.6 Å². The number of likely N-dealkylation sites (tertiary alicyclic amines) is 1. The van der Waals surface area contributed by atoms with E-state index in [4.69, 9.17) is 9.47 Å². The molecule has 2 aliphatic rings. The van der Waals surface area contributed by atoms with Crippen LogP contribution in [0, 0.1) is 5.92 Å². The van der Waals surface area contributed by atoms with Crippen LogP contribution in [-0.2, 0) is 11.3 Å². The lowest BCUT2D eigenvalue weighted by atomic mass is 9.97. The van der Waals surface area contributed by atoms with E-state index in [0.717, 1.165) is 25.9 Å². The number of carbonyl (C=O) groups excluding carboxylic acids is 2. The highest BCUT2D eigenvalue weighted by molar-refractivity contribution is 6.00. The molecule has 0 aliphatic carbocycles. The summed E-state index contributed by atoms with van der Waals surface area (Å²) in [6, 6.07) is 2.99. The summed E-state index contributed by atoms with van der Waals surface area (Å²) in [5, 5.41) is 6.29. The zero-order chi connectivity index (χ0) is 25.1. The molecule has 0 spiro atoms. The number of likely N-dealkylation sites (N-methyl/N-ethyl adjacent to an activating group) is 1. The predicted octanol–water partition coefficient (Wildman–Crippen LogP) is 2.50. The van der Waals surface area contributed by atoms with Gasteiger partial charge in [-0.3, -0.25) is 19.3 Å². The molecule has 4 rings (SSSR count). The maximum atomic E-state index is 13.3. The molecule has 1 saturated heterocycles. The monoisotopic (exact) mass is 484 g/mol. The number of hydrogen-bond acceptors (Lipinski definition) is 6. The number of ether oxygens (including phenoxy) is 2. The van der Waals surface area contributed by atoms with Gasteiger partial charge in [-0.1, -0.05) is 27.2 Å². The fourth-order valence-electron chi connectivity index (χ4n) is 5.00. The van der Waals surface area contributed by atoms with Crippen molar-refractivity contribution in [1.82, 2.24) is 20.1 Å². The highest BCUT2D eigenvalue weighted by Crippen LogP contribution is 2.35. The third kappa shape index (κ3) is 5.00. The van der Waals surface area contributed by atoms with Crippen molar-refractivity contribution in [2.75, 3.05) is 26.4 Å². The van der Waals surface area contributed by atoms with Crippen molar-refractivity contribution in [1.29, 1.82) is 0 Å². The van der Waals surface area contributed by atoms with Gasteiger partial charge in [0, 0.05) is 31.4 Å². The molecule has 2 amide bonds. The van der Waals surface area contributed by atoms with Gasteiger partial charge in [0.05, 0.1) is 10.9 Å². The molecule has 3 atom stereocenters. The first-order chi connectivity index (χ1) is 16.9. The summed E-state index contributed by atoms with van der Waals surface area (Å²) in [4.78, 5) is 42.2. The lowest BCUT2D eigenvalue weighted by molar-refractivity contribution is -0.124. The van der Waals surface area contributed by atoms with Crippen LogP contribution in [0.3, 0.4) is 0 Å². The minimum atomic E-state index is -0.731. The Morgan fingerprint density at radius 3 is 2.57 bits per heavy atom. The molecule has 2 aliphatic heterocycles. The summed E-state index contributed by atoms with van der Waals surface area (Å²) in [5.74, 6) is 0.213. The zero-order valence-corrected chi connectivity index (χ0v) is 21.1. The molecule has 3 heterocycles. The number of nitrogens with zero attached hydrogens (tertiary/aromatic N) is 2. The molecule has 35 heavy (non-hydrogen) atoms. The highest BCUT2D eigenvalue weighted by Gasteiger charge is 2.30. The van der Waals surface area contributed by atoms with Gasteiger partial charge in [0.2, 0.25) is 18.1 Å². The Morgan fingerprint density at radius 1 is 1.14 bits per heavy atom. The quantitative estimate of drug-likeness (QED) is 0.567. The topological polar surface area (TPSA) is 102 Å². The smallest absolute Gasteiger partial charge is 0.257 e. The second-order valence-electron chi connectivity index (χ2n) is 9.39. The van der Waals surface area contributed by atoms with Gasteiger partial charge in [0.25, 0.3) is 5.91 Å². The van der Waals surface area contributed by atoms with Gasteiger partial charge >= 0.3 is 0 Å². The third-order valence-electron chi connectivity index (χ3n) is 7.36. The Labute approximate surface area is 205 Å². The van der Waals surface area contributed by atoms with Crippen molar-refractivity contribution >= 4 is 22.7 Å². The third-order valence-corrected chi connectivity index (χ3v) is 7.36. The van der Waals surface area contributed by atoms with E-state index < -0.39 is 17.4 Å². The summed E-state index contributed by atoms with van der Waals surface area (Å²) in [6.07, 6.45) is 4.46. The number of hydrogen-bond donors (Lipinski definition) is 2. The van der Waals surface area contributed by atoms with Gasteiger partial charge in [-0.25, -0.2) is 0 Å². The molecule has 0 radical (unpaired) electrons. The zero-order valence-electron chi connectivity index (χ0n) is 21.1. The second kappa shape index (κ2) is 10.7. The molecule has 9 nitrogen and oxygen atoms in total. The molecule has 2 N–H and O–H groups in total. The fraction of sp³-hybridized carbons (Fsp3) is 0.577. The molecule has 190 valence electrons. The summed E-state index contributed by atoms with van der Waals surface area (Å²) in [5.41, 5.74) is 0.284. The fourth-order valence-corrected chi connectivity index (χ4v) is 5.00. The molecular weight excluding hydrogens is 448 g/mol. The summed E-state index contributed by atoms with van der Waals surface area (Å²) >= 11 is 0. The van der Waals surface area contributed by atoms with Crippen molar-refractivity contribution in [3.05, 3.63) is 34.1 Å². The second-order valence-corrected chi connectivity index (χ2v) is 9.39. The van der Waals surface area contributed by atoms with Crippen LogP contribution in [0.5, 0.6) is 11.5 Å². The minimum absolute atomic E-state index is 0.00673. The Morgan fingerprint density at radius 2 is 1.89 bits per heavy atom. The lowest BCUT2D eigenvalue weighted by Gasteiger charge is -2.27. The van der Waals surface area contributed by atoms with Crippen LogP contribution in [-0.4, -0.2) is 59.8 Å². The van der Waals surface area contributed by atoms with Crippen LogP contribution < -0.4 is 25.5 Å². The first-order valence-corrected chi connectivity index (χ1v) is 12.7. The van der Waals surface area contributed by atoms with Gasteiger partial charge in [-0.05, 0) is 44.8 Å². The minimum Gasteiger partial charge on any atom is -0.454 e. The number of amides is 2. The normalized spacial score (nSPS) is 19.0. The van der Waals surface area contributed by atoms with E-state index in [-0.39, 0.29) is 24.2 Å². The van der Waals surface area contributed by atoms with E-state index in [0.29, 0.717) is 48.0 Å². The molecule has 1 aromatic heterocycles. The van der Waals surface area contributed by atoms with Crippen LogP contribution >= 0.6 is 0 Å². The van der Waals surface area contributed by atoms with Crippen LogP contribution in [0.25, 0.3) is 10.9 Å². The predicted molar refractivity (Wildman–Crippen MR) is 134 cm³/mol. The Balaban J connectivity index is 1.57. The summed E-state index contributed by atoms with van der Waals surface area (Å²) in [7, 11) is 0. The highest BCUT2D eigenvalue weighted by atomic mass is 16.7. The Bertz CT molecular complexity index is 1160. The molecule has 0 bridgehead atoms. The lowest BCUT2D eigenvalue weighted by Crippen LogP contribution is -2.52. The summed E-state index contributed by atoms with van der Waals surface area (Å²) in [6.45, 7) is 11.2. The van der Waals surface area contributed by atoms with E-state index in [1.54, 1.807) is 18.3 Å². The standard InChI is InChI=1S/C26H36N4O5/c1-5-16(4)23(26(33)27-13-17-9-8-10-29(17)6-2)28-25(32)19-14-30(7-3)20-12-22-21(34-15-35-22)11-18(20)24(19)31/h11-12,14,16-17,23H,5-10,13,15H2,1-4H3,(H,27,33)(H,28,32)/t16?,17?,23-/m0/s1. The number of benzene rings is 1. The SMILES string of the molecule is CCC(C)[C@H](NC(=O)c1cn(CC)c2cc3c(cc2c1=O)OCO3)C(=O)NCC1CCCN1CC. The van der Waals surface area contributed by atoms with Crippen LogP contribution in [0.2, 0.25) is 0 Å². The number of pyridine rings is 1. The first kappa shape index (κ1) is 25.0. The molecule has 2 aromatic rings. The maximum absolute atomic E-state index is 13.3. The van der Waals surface area contributed by atoms with Crippen LogP contribution in [0.4, 0.5) is 0 Å². The number of rotatable bonds is 9. The van der Waals surface area contributed by atoms with E-state index in [1.165, 1.54) is 0 Å². The van der Waals surface area contributed by atoms with Crippen molar-refractivity contribution in [3.63, 3.8) is 0 Å². The Kier molecular flexibility index (Phi) is 7.64. The van der Waals surface area contributed by atoms with E-state index >= 15 is 0 Å². The average Bonchev–Trinajstić information content (AvgIpc) is 3.53. The van der Waals surface area contributed by atoms with Crippen molar-refractivity contribution in [2.24, 2.45) is 5.92 Å². The molecule has 1 fully saturated rings. The van der Waals surface area contributed by atoms with E-state index in [2.05, 4.69) is 22.5 Å². The molecule has 0 saturated carbocycles. The number of fused-ring (bicyclic) bond motifs is 2. The van der Waals surface area contributed by atoms with Crippen LogP contribution in [0.15, 0.2) is 23.1 Å². The maximum Gasteiger partial charge on any atom is 0.257 e. The molecule has 1 aromatic carbocycles. The number of aromatic nitrogens is 1. The molecule has 2 unspecified atom stereocenters. The van der Waals surface area contributed by atoms with Crippen molar-refractivity contribution in [3.8, 4) is 11.5 Å². The molecule has 9 heteroatoms. The van der Waals surface area contributed by atoms with E-state index in [9.17, 15) is 14.4 Å². The number of aryl methyl sites for hydroxylation is 1. The largest absolute Gasteiger partial charge is 0.454 e. The van der Waals surface area contributed by atoms with Gasteiger partial charge in [-0.2, -0.15) is 0 Å².